The van der Waals surface area contributed by atoms with Crippen molar-refractivity contribution in [3.63, 3.8) is 0 Å². The Balaban J connectivity index is 1.70. The fraction of sp³-hybridized carbons (Fsp3) is 0.238. The van der Waals surface area contributed by atoms with Crippen molar-refractivity contribution < 1.29 is 4.79 Å². The van der Waals surface area contributed by atoms with Crippen LogP contribution in [0.4, 0.5) is 5.95 Å². The lowest BCUT2D eigenvalue weighted by Gasteiger charge is -2.31. The maximum Gasteiger partial charge on any atom is 0.226 e. The van der Waals surface area contributed by atoms with E-state index in [2.05, 4.69) is 10.3 Å². The fourth-order valence-electron chi connectivity index (χ4n) is 3.94. The zero-order chi connectivity index (χ0) is 18.4. The number of fused-ring (bicyclic) bond motifs is 1. The van der Waals surface area contributed by atoms with Crippen LogP contribution in [-0.4, -0.2) is 25.5 Å². The van der Waals surface area contributed by atoms with Crippen LogP contribution in [0.5, 0.6) is 0 Å². The summed E-state index contributed by atoms with van der Waals surface area (Å²) in [6.07, 6.45) is 5.84. The molecule has 1 unspecified atom stereocenters. The third kappa shape index (κ3) is 2.56. The number of allylic oxidation sites excluding steroid dienone is 2. The van der Waals surface area contributed by atoms with E-state index >= 15 is 0 Å². The van der Waals surface area contributed by atoms with Crippen molar-refractivity contribution in [2.24, 2.45) is 0 Å². The number of pyridine rings is 1. The summed E-state index contributed by atoms with van der Waals surface area (Å²) in [6.45, 7) is 2.05. The first-order valence-electron chi connectivity index (χ1n) is 9.18. The first-order chi connectivity index (χ1) is 13.2. The highest BCUT2D eigenvalue weighted by atomic mass is 16.1. The first kappa shape index (κ1) is 15.9. The average molecular weight is 357 g/mol. The number of anilines is 1. The highest BCUT2D eigenvalue weighted by molar-refractivity contribution is 5.99. The van der Waals surface area contributed by atoms with E-state index in [0.717, 1.165) is 40.8 Å². The average Bonchev–Trinajstić information content (AvgIpc) is 3.11. The van der Waals surface area contributed by atoms with E-state index < -0.39 is 0 Å². The zero-order valence-electron chi connectivity index (χ0n) is 15.0. The maximum atomic E-state index is 12.8. The minimum atomic E-state index is -0.289. The molecule has 2 aromatic heterocycles. The van der Waals surface area contributed by atoms with Crippen molar-refractivity contribution in [1.29, 1.82) is 0 Å². The SMILES string of the molecule is Cc1ccccc1-c1nc2n(n1)C(c1cccnc1)C1=C(CCCC1=O)N2. The Morgan fingerprint density at radius 1 is 1.15 bits per heavy atom. The summed E-state index contributed by atoms with van der Waals surface area (Å²) in [5.41, 5.74) is 4.83. The number of aryl methyl sites for hydroxylation is 1. The van der Waals surface area contributed by atoms with Crippen molar-refractivity contribution in [3.05, 3.63) is 71.2 Å². The molecule has 6 heteroatoms. The number of hydrogen-bond acceptors (Lipinski definition) is 5. The Bertz CT molecular complexity index is 1070. The number of nitrogens with zero attached hydrogens (tertiary/aromatic N) is 4. The standard InChI is InChI=1S/C21H19N5O/c1-13-6-2-3-8-15(13)20-24-21-23-16-9-4-10-17(27)18(16)19(26(21)25-20)14-7-5-11-22-12-14/h2-3,5-8,11-12,19H,4,9-10H2,1H3,(H,23,24,25). The number of Topliss-reactive ketones (excluding diaryl/α,β-unsaturated/α-hetero) is 1. The molecule has 2 aliphatic rings. The molecular weight excluding hydrogens is 338 g/mol. The molecule has 1 N–H and O–H groups in total. The van der Waals surface area contributed by atoms with E-state index in [1.807, 2.05) is 48.0 Å². The lowest BCUT2D eigenvalue weighted by Crippen LogP contribution is -2.31. The van der Waals surface area contributed by atoms with Gasteiger partial charge in [-0.05, 0) is 37.0 Å². The molecular formula is C21H19N5O. The quantitative estimate of drug-likeness (QED) is 0.757. The first-order valence-corrected chi connectivity index (χ1v) is 9.18. The second-order valence-corrected chi connectivity index (χ2v) is 7.00. The van der Waals surface area contributed by atoms with Crippen LogP contribution in [0.3, 0.4) is 0 Å². The van der Waals surface area contributed by atoms with E-state index in [-0.39, 0.29) is 11.8 Å². The van der Waals surface area contributed by atoms with Crippen molar-refractivity contribution in [2.45, 2.75) is 32.2 Å². The number of carbonyl (C=O) groups is 1. The normalized spacial score (nSPS) is 18.7. The third-order valence-corrected chi connectivity index (χ3v) is 5.25. The minimum absolute atomic E-state index is 0.177. The minimum Gasteiger partial charge on any atom is -0.328 e. The molecule has 3 heterocycles. The molecule has 0 amide bonds. The molecule has 3 aromatic rings. The summed E-state index contributed by atoms with van der Waals surface area (Å²) in [5.74, 6) is 1.52. The maximum absolute atomic E-state index is 12.8. The summed E-state index contributed by atoms with van der Waals surface area (Å²) in [6, 6.07) is 11.7. The molecule has 1 aliphatic carbocycles. The van der Waals surface area contributed by atoms with Crippen LogP contribution >= 0.6 is 0 Å². The van der Waals surface area contributed by atoms with Crippen LogP contribution in [0.15, 0.2) is 60.1 Å². The van der Waals surface area contributed by atoms with Crippen molar-refractivity contribution in [3.8, 4) is 11.4 Å². The summed E-state index contributed by atoms with van der Waals surface area (Å²) in [5, 5.41) is 8.16. The van der Waals surface area contributed by atoms with Crippen molar-refractivity contribution >= 4 is 11.7 Å². The molecule has 0 saturated carbocycles. The summed E-state index contributed by atoms with van der Waals surface area (Å²) >= 11 is 0. The predicted octanol–water partition coefficient (Wildman–Crippen LogP) is 3.67. The fourth-order valence-corrected chi connectivity index (χ4v) is 3.94. The molecule has 0 bridgehead atoms. The van der Waals surface area contributed by atoms with Gasteiger partial charge in [-0.3, -0.25) is 9.78 Å². The van der Waals surface area contributed by atoms with E-state index in [1.165, 1.54) is 0 Å². The van der Waals surface area contributed by atoms with Gasteiger partial charge >= 0.3 is 0 Å². The summed E-state index contributed by atoms with van der Waals surface area (Å²) in [7, 11) is 0. The molecule has 1 aromatic carbocycles. The van der Waals surface area contributed by atoms with Crippen LogP contribution in [0, 0.1) is 6.92 Å². The number of hydrogen-bond donors (Lipinski definition) is 1. The number of benzene rings is 1. The van der Waals surface area contributed by atoms with Crippen LogP contribution in [0.25, 0.3) is 11.4 Å². The molecule has 0 fully saturated rings. The molecule has 0 spiro atoms. The van der Waals surface area contributed by atoms with Gasteiger partial charge in [-0.15, -0.1) is 5.10 Å². The molecule has 27 heavy (non-hydrogen) atoms. The van der Waals surface area contributed by atoms with Gasteiger partial charge in [-0.1, -0.05) is 30.3 Å². The number of rotatable bonds is 2. The number of aromatic nitrogens is 4. The highest BCUT2D eigenvalue weighted by Crippen LogP contribution is 2.40. The predicted molar refractivity (Wildman–Crippen MR) is 102 cm³/mol. The lowest BCUT2D eigenvalue weighted by molar-refractivity contribution is -0.116. The molecule has 5 rings (SSSR count). The molecule has 6 nitrogen and oxygen atoms in total. The van der Waals surface area contributed by atoms with Gasteiger partial charge in [-0.25, -0.2) is 4.68 Å². The van der Waals surface area contributed by atoms with Crippen LogP contribution < -0.4 is 5.32 Å². The summed E-state index contributed by atoms with van der Waals surface area (Å²) < 4.78 is 1.83. The Kier molecular flexibility index (Phi) is 3.63. The van der Waals surface area contributed by atoms with Gasteiger partial charge in [0.25, 0.3) is 0 Å². The number of nitrogens with one attached hydrogen (secondary N) is 1. The van der Waals surface area contributed by atoms with Gasteiger partial charge in [0.05, 0.1) is 0 Å². The van der Waals surface area contributed by atoms with Crippen LogP contribution in [0.2, 0.25) is 0 Å². The number of carbonyl (C=O) groups excluding carboxylic acids is 1. The van der Waals surface area contributed by atoms with Crippen molar-refractivity contribution in [2.75, 3.05) is 5.32 Å². The Labute approximate surface area is 157 Å². The Morgan fingerprint density at radius 3 is 2.85 bits per heavy atom. The monoisotopic (exact) mass is 357 g/mol. The third-order valence-electron chi connectivity index (χ3n) is 5.25. The Hall–Kier alpha value is -3.28. The molecule has 0 radical (unpaired) electrons. The molecule has 0 saturated heterocycles. The second-order valence-electron chi connectivity index (χ2n) is 7.00. The van der Waals surface area contributed by atoms with E-state index in [1.54, 1.807) is 12.4 Å². The second kappa shape index (κ2) is 6.16. The van der Waals surface area contributed by atoms with E-state index in [9.17, 15) is 4.79 Å². The van der Waals surface area contributed by atoms with Gasteiger partial charge in [-0.2, -0.15) is 4.98 Å². The molecule has 134 valence electrons. The van der Waals surface area contributed by atoms with Gasteiger partial charge in [0, 0.05) is 35.6 Å². The van der Waals surface area contributed by atoms with E-state index in [4.69, 9.17) is 10.1 Å². The van der Waals surface area contributed by atoms with Gasteiger partial charge in [0.15, 0.2) is 11.6 Å². The van der Waals surface area contributed by atoms with Gasteiger partial charge < -0.3 is 5.32 Å². The van der Waals surface area contributed by atoms with Gasteiger partial charge in [0.2, 0.25) is 5.95 Å². The highest BCUT2D eigenvalue weighted by Gasteiger charge is 2.37. The topological polar surface area (TPSA) is 72.7 Å². The Morgan fingerprint density at radius 2 is 2.04 bits per heavy atom. The summed E-state index contributed by atoms with van der Waals surface area (Å²) in [4.78, 5) is 21.8. The van der Waals surface area contributed by atoms with Gasteiger partial charge in [0.1, 0.15) is 6.04 Å². The van der Waals surface area contributed by atoms with Crippen molar-refractivity contribution in [1.82, 2.24) is 19.7 Å². The largest absolute Gasteiger partial charge is 0.328 e. The molecule has 1 aliphatic heterocycles. The zero-order valence-corrected chi connectivity index (χ0v) is 15.0. The van der Waals surface area contributed by atoms with E-state index in [0.29, 0.717) is 18.2 Å². The lowest BCUT2D eigenvalue weighted by atomic mass is 9.86. The molecule has 1 atom stereocenters. The number of ketones is 1. The van der Waals surface area contributed by atoms with Crippen LogP contribution in [0.1, 0.15) is 36.4 Å². The smallest absolute Gasteiger partial charge is 0.226 e. The van der Waals surface area contributed by atoms with Crippen LogP contribution in [-0.2, 0) is 4.79 Å².